The Hall–Kier alpha value is -2.41. The minimum absolute atomic E-state index is 0.0347. The van der Waals surface area contributed by atoms with Crippen LogP contribution in [0.1, 0.15) is 18.3 Å². The third-order valence-corrected chi connectivity index (χ3v) is 2.72. The van der Waals surface area contributed by atoms with Crippen molar-refractivity contribution in [2.45, 2.75) is 13.3 Å². The summed E-state index contributed by atoms with van der Waals surface area (Å²) in [5, 5.41) is 11.9. The van der Waals surface area contributed by atoms with Crippen LogP contribution in [0.3, 0.4) is 0 Å². The second-order valence-corrected chi connectivity index (χ2v) is 4.43. The largest absolute Gasteiger partial charge is 0.369 e. The van der Waals surface area contributed by atoms with Gasteiger partial charge in [-0.2, -0.15) is 5.26 Å². The zero-order chi connectivity index (χ0) is 13.5. The van der Waals surface area contributed by atoms with Gasteiger partial charge in [-0.3, -0.25) is 0 Å². The molecule has 1 aromatic heterocycles. The lowest BCUT2D eigenvalue weighted by molar-refractivity contribution is 0.780. The molecule has 4 heteroatoms. The highest BCUT2D eigenvalue weighted by Crippen LogP contribution is 2.08. The van der Waals surface area contributed by atoms with Crippen LogP contribution in [0.15, 0.2) is 42.6 Å². The van der Waals surface area contributed by atoms with Crippen LogP contribution in [-0.4, -0.2) is 16.5 Å². The van der Waals surface area contributed by atoms with E-state index in [1.807, 2.05) is 31.2 Å². The average Bonchev–Trinajstić information content (AvgIpc) is 2.46. The Morgan fingerprint density at radius 1 is 1.26 bits per heavy atom. The zero-order valence-electron chi connectivity index (χ0n) is 10.9. The molecule has 0 radical (unpaired) electrons. The van der Waals surface area contributed by atoms with Crippen molar-refractivity contribution >= 4 is 5.82 Å². The van der Waals surface area contributed by atoms with Gasteiger partial charge in [-0.1, -0.05) is 30.3 Å². The Kier molecular flexibility index (Phi) is 4.46. The SMILES string of the molecule is CC(C#N)CNc1ccnc(Cc2ccccc2)n1. The molecule has 0 spiro atoms. The summed E-state index contributed by atoms with van der Waals surface area (Å²) >= 11 is 0. The van der Waals surface area contributed by atoms with Crippen molar-refractivity contribution < 1.29 is 0 Å². The van der Waals surface area contributed by atoms with E-state index in [2.05, 4.69) is 33.5 Å². The van der Waals surface area contributed by atoms with Crippen molar-refractivity contribution in [1.82, 2.24) is 9.97 Å². The maximum Gasteiger partial charge on any atom is 0.135 e. The monoisotopic (exact) mass is 252 g/mol. The predicted molar refractivity (Wildman–Crippen MR) is 74.5 cm³/mol. The van der Waals surface area contributed by atoms with Crippen LogP contribution < -0.4 is 5.32 Å². The molecule has 0 amide bonds. The second kappa shape index (κ2) is 6.50. The number of hydrogen-bond acceptors (Lipinski definition) is 4. The molecule has 1 atom stereocenters. The number of nitriles is 1. The van der Waals surface area contributed by atoms with Gasteiger partial charge in [0.05, 0.1) is 12.0 Å². The Morgan fingerprint density at radius 2 is 2.05 bits per heavy atom. The maximum absolute atomic E-state index is 8.74. The van der Waals surface area contributed by atoms with E-state index in [9.17, 15) is 0 Å². The average molecular weight is 252 g/mol. The van der Waals surface area contributed by atoms with Gasteiger partial charge < -0.3 is 5.32 Å². The van der Waals surface area contributed by atoms with E-state index in [1.165, 1.54) is 5.56 Å². The Balaban J connectivity index is 2.01. The van der Waals surface area contributed by atoms with Crippen LogP contribution in [-0.2, 0) is 6.42 Å². The van der Waals surface area contributed by atoms with Crippen molar-refractivity contribution in [2.75, 3.05) is 11.9 Å². The summed E-state index contributed by atoms with van der Waals surface area (Å²) in [4.78, 5) is 8.71. The summed E-state index contributed by atoms with van der Waals surface area (Å²) in [6.07, 6.45) is 2.45. The number of nitrogens with one attached hydrogen (secondary N) is 1. The van der Waals surface area contributed by atoms with E-state index < -0.39 is 0 Å². The van der Waals surface area contributed by atoms with Gasteiger partial charge in [0.25, 0.3) is 0 Å². The molecule has 0 saturated carbocycles. The van der Waals surface area contributed by atoms with E-state index in [0.29, 0.717) is 13.0 Å². The van der Waals surface area contributed by atoms with Gasteiger partial charge in [0.1, 0.15) is 11.6 Å². The third-order valence-electron chi connectivity index (χ3n) is 2.72. The Morgan fingerprint density at radius 3 is 2.79 bits per heavy atom. The first-order valence-corrected chi connectivity index (χ1v) is 6.27. The molecule has 2 aromatic rings. The van der Waals surface area contributed by atoms with E-state index in [1.54, 1.807) is 6.20 Å². The number of nitrogens with zero attached hydrogens (tertiary/aromatic N) is 3. The van der Waals surface area contributed by atoms with Gasteiger partial charge in [0.15, 0.2) is 0 Å². The molecule has 1 N–H and O–H groups in total. The molecule has 1 unspecified atom stereocenters. The molecule has 0 saturated heterocycles. The van der Waals surface area contributed by atoms with Crippen molar-refractivity contribution in [1.29, 1.82) is 5.26 Å². The summed E-state index contributed by atoms with van der Waals surface area (Å²) in [6, 6.07) is 14.1. The van der Waals surface area contributed by atoms with Crippen LogP contribution in [0.4, 0.5) is 5.82 Å². The molecule has 19 heavy (non-hydrogen) atoms. The lowest BCUT2D eigenvalue weighted by atomic mass is 10.1. The number of aromatic nitrogens is 2. The number of anilines is 1. The first kappa shape index (κ1) is 13.0. The minimum Gasteiger partial charge on any atom is -0.369 e. The summed E-state index contributed by atoms with van der Waals surface area (Å²) in [5.41, 5.74) is 1.19. The van der Waals surface area contributed by atoms with Crippen LogP contribution in [0.5, 0.6) is 0 Å². The predicted octanol–water partition coefficient (Wildman–Crippen LogP) is 2.64. The molecule has 1 aromatic carbocycles. The fraction of sp³-hybridized carbons (Fsp3) is 0.267. The Labute approximate surface area is 113 Å². The van der Waals surface area contributed by atoms with Gasteiger partial charge in [0.2, 0.25) is 0 Å². The molecule has 96 valence electrons. The van der Waals surface area contributed by atoms with E-state index in [-0.39, 0.29) is 5.92 Å². The lowest BCUT2D eigenvalue weighted by Crippen LogP contribution is -2.11. The first-order valence-electron chi connectivity index (χ1n) is 6.27. The van der Waals surface area contributed by atoms with Gasteiger partial charge in [0, 0.05) is 19.2 Å². The minimum atomic E-state index is -0.0347. The molecule has 4 nitrogen and oxygen atoms in total. The van der Waals surface area contributed by atoms with Gasteiger partial charge >= 0.3 is 0 Å². The van der Waals surface area contributed by atoms with Crippen molar-refractivity contribution in [3.63, 3.8) is 0 Å². The van der Waals surface area contributed by atoms with Crippen molar-refractivity contribution in [3.8, 4) is 6.07 Å². The molecule has 0 fully saturated rings. The molecule has 0 bridgehead atoms. The normalized spacial score (nSPS) is 11.6. The van der Waals surface area contributed by atoms with Crippen molar-refractivity contribution in [2.24, 2.45) is 5.92 Å². The summed E-state index contributed by atoms with van der Waals surface area (Å²) < 4.78 is 0. The van der Waals surface area contributed by atoms with Gasteiger partial charge in [-0.25, -0.2) is 9.97 Å². The van der Waals surface area contributed by atoms with E-state index in [0.717, 1.165) is 11.6 Å². The Bertz CT molecular complexity index is 560. The van der Waals surface area contributed by atoms with E-state index in [4.69, 9.17) is 5.26 Å². The van der Waals surface area contributed by atoms with Gasteiger partial charge in [-0.05, 0) is 18.6 Å². The quantitative estimate of drug-likeness (QED) is 0.888. The standard InChI is InChI=1S/C15H16N4/c1-12(10-16)11-18-14-7-8-17-15(19-14)9-13-5-3-2-4-6-13/h2-8,12H,9,11H2,1H3,(H,17,18,19). The third kappa shape index (κ3) is 4.07. The molecular weight excluding hydrogens is 236 g/mol. The summed E-state index contributed by atoms with van der Waals surface area (Å²) in [5.74, 6) is 1.51. The summed E-state index contributed by atoms with van der Waals surface area (Å²) in [7, 11) is 0. The number of rotatable bonds is 5. The molecule has 1 heterocycles. The molecule has 0 aliphatic rings. The fourth-order valence-corrected chi connectivity index (χ4v) is 1.66. The summed E-state index contributed by atoms with van der Waals surface area (Å²) in [6.45, 7) is 2.47. The van der Waals surface area contributed by atoms with E-state index >= 15 is 0 Å². The van der Waals surface area contributed by atoms with Crippen molar-refractivity contribution in [3.05, 3.63) is 54.0 Å². The first-order chi connectivity index (χ1) is 9.28. The topological polar surface area (TPSA) is 61.6 Å². The smallest absolute Gasteiger partial charge is 0.135 e. The molecule has 0 aliphatic heterocycles. The van der Waals surface area contributed by atoms with Crippen LogP contribution in [0.25, 0.3) is 0 Å². The van der Waals surface area contributed by atoms with Crippen LogP contribution >= 0.6 is 0 Å². The highest BCUT2D eigenvalue weighted by atomic mass is 15.0. The second-order valence-electron chi connectivity index (χ2n) is 4.43. The fourth-order valence-electron chi connectivity index (χ4n) is 1.66. The lowest BCUT2D eigenvalue weighted by Gasteiger charge is -2.07. The maximum atomic E-state index is 8.74. The zero-order valence-corrected chi connectivity index (χ0v) is 10.9. The highest BCUT2D eigenvalue weighted by molar-refractivity contribution is 5.34. The van der Waals surface area contributed by atoms with Gasteiger partial charge in [-0.15, -0.1) is 0 Å². The molecular formula is C15H16N4. The molecule has 2 rings (SSSR count). The highest BCUT2D eigenvalue weighted by Gasteiger charge is 2.03. The van der Waals surface area contributed by atoms with Crippen LogP contribution in [0.2, 0.25) is 0 Å². The number of benzene rings is 1. The van der Waals surface area contributed by atoms with Crippen LogP contribution in [0, 0.1) is 17.2 Å². The number of hydrogen-bond donors (Lipinski definition) is 1. The molecule has 0 aliphatic carbocycles.